The third-order valence-electron chi connectivity index (χ3n) is 3.79. The number of benzene rings is 1. The minimum Gasteiger partial charge on any atom is -0.459 e. The van der Waals surface area contributed by atoms with Crippen LogP contribution in [0.1, 0.15) is 29.0 Å². The van der Waals surface area contributed by atoms with Crippen LogP contribution in [0.3, 0.4) is 0 Å². The average Bonchev–Trinajstić information content (AvgIpc) is 3.17. The van der Waals surface area contributed by atoms with E-state index in [0.717, 1.165) is 12.0 Å². The Bertz CT molecular complexity index is 643. The average molecular weight is 266 g/mol. The summed E-state index contributed by atoms with van der Waals surface area (Å²) in [5, 5.41) is 9.71. The molecule has 100 valence electrons. The van der Waals surface area contributed by atoms with Crippen LogP contribution in [0.4, 0.5) is 0 Å². The molecular weight excluding hydrogens is 252 g/mol. The van der Waals surface area contributed by atoms with Gasteiger partial charge in [-0.3, -0.25) is 4.79 Å². The highest BCUT2D eigenvalue weighted by Gasteiger charge is 2.46. The fourth-order valence-corrected chi connectivity index (χ4v) is 2.82. The predicted octanol–water partition coefficient (Wildman–Crippen LogP) is 2.93. The topological polar surface area (TPSA) is 57.2 Å². The van der Waals surface area contributed by atoms with Crippen molar-refractivity contribution in [2.24, 2.45) is 0 Å². The number of carbonyl (C=O) groups excluding carboxylic acids is 1. The van der Waals surface area contributed by atoms with Crippen molar-refractivity contribution in [2.45, 2.75) is 18.4 Å². The number of carbonyl (C=O) groups is 1. The summed E-state index contributed by atoms with van der Waals surface area (Å²) in [5.41, 5.74) is -0.0228. The van der Waals surface area contributed by atoms with Crippen LogP contribution >= 0.6 is 0 Å². The standard InChI is InChI=1S/C16H14N2O2/c17-12-16(13-6-2-1-3-7-13)9-5-10-18(16)15(19)14-8-4-11-20-14/h1-4,6-8,11H,5,9-10H2/t16-/m0/s1. The molecule has 3 rings (SSSR count). The van der Waals surface area contributed by atoms with E-state index in [4.69, 9.17) is 4.42 Å². The highest BCUT2D eigenvalue weighted by molar-refractivity contribution is 5.92. The van der Waals surface area contributed by atoms with Crippen molar-refractivity contribution in [2.75, 3.05) is 6.54 Å². The Balaban J connectivity index is 2.03. The normalized spacial score (nSPS) is 21.6. The third kappa shape index (κ3) is 1.79. The van der Waals surface area contributed by atoms with Crippen LogP contribution in [-0.4, -0.2) is 17.4 Å². The third-order valence-corrected chi connectivity index (χ3v) is 3.79. The number of amides is 1. The lowest BCUT2D eigenvalue weighted by atomic mass is 9.88. The molecule has 1 fully saturated rings. The first-order valence-electron chi connectivity index (χ1n) is 6.60. The number of rotatable bonds is 2. The summed E-state index contributed by atoms with van der Waals surface area (Å²) in [5.74, 6) is 0.0559. The first kappa shape index (κ1) is 12.5. The molecule has 1 aliphatic rings. The second kappa shape index (κ2) is 4.86. The maximum absolute atomic E-state index is 12.5. The van der Waals surface area contributed by atoms with Crippen LogP contribution in [0, 0.1) is 11.3 Å². The molecule has 0 N–H and O–H groups in total. The molecule has 1 saturated heterocycles. The predicted molar refractivity (Wildman–Crippen MR) is 72.7 cm³/mol. The van der Waals surface area contributed by atoms with Gasteiger partial charge in [-0.1, -0.05) is 30.3 Å². The van der Waals surface area contributed by atoms with Gasteiger partial charge < -0.3 is 9.32 Å². The van der Waals surface area contributed by atoms with Gasteiger partial charge in [0.05, 0.1) is 12.3 Å². The summed E-state index contributed by atoms with van der Waals surface area (Å²) in [7, 11) is 0. The maximum Gasteiger partial charge on any atom is 0.291 e. The van der Waals surface area contributed by atoms with E-state index in [1.165, 1.54) is 6.26 Å². The molecule has 1 atom stereocenters. The van der Waals surface area contributed by atoms with E-state index >= 15 is 0 Å². The molecule has 0 unspecified atom stereocenters. The van der Waals surface area contributed by atoms with E-state index in [0.29, 0.717) is 13.0 Å². The highest BCUT2D eigenvalue weighted by Crippen LogP contribution is 2.39. The molecule has 20 heavy (non-hydrogen) atoms. The Kier molecular flexibility index (Phi) is 3.03. The molecule has 0 spiro atoms. The zero-order valence-electron chi connectivity index (χ0n) is 11.0. The lowest BCUT2D eigenvalue weighted by Gasteiger charge is -2.32. The van der Waals surface area contributed by atoms with E-state index in [9.17, 15) is 10.1 Å². The summed E-state index contributed by atoms with van der Waals surface area (Å²) < 4.78 is 5.18. The van der Waals surface area contributed by atoms with Gasteiger partial charge in [-0.2, -0.15) is 5.26 Å². The van der Waals surface area contributed by atoms with Crippen molar-refractivity contribution >= 4 is 5.91 Å². The van der Waals surface area contributed by atoms with E-state index < -0.39 is 5.54 Å². The van der Waals surface area contributed by atoms with Crippen LogP contribution in [0.5, 0.6) is 0 Å². The maximum atomic E-state index is 12.5. The van der Waals surface area contributed by atoms with Crippen molar-refractivity contribution in [1.82, 2.24) is 4.90 Å². The lowest BCUT2D eigenvalue weighted by Crippen LogP contribution is -2.44. The number of hydrogen-bond acceptors (Lipinski definition) is 3. The zero-order chi connectivity index (χ0) is 14.0. The molecule has 0 bridgehead atoms. The molecule has 0 saturated carbocycles. The van der Waals surface area contributed by atoms with Crippen LogP contribution in [0.2, 0.25) is 0 Å². The van der Waals surface area contributed by atoms with E-state index in [2.05, 4.69) is 6.07 Å². The van der Waals surface area contributed by atoms with Crippen molar-refractivity contribution in [3.63, 3.8) is 0 Å². The second-order valence-electron chi connectivity index (χ2n) is 4.88. The van der Waals surface area contributed by atoms with Gasteiger partial charge >= 0.3 is 0 Å². The minimum absolute atomic E-state index is 0.224. The summed E-state index contributed by atoms with van der Waals surface area (Å²) in [4.78, 5) is 14.2. The Morgan fingerprint density at radius 3 is 2.70 bits per heavy atom. The van der Waals surface area contributed by atoms with Gasteiger partial charge in [0, 0.05) is 6.54 Å². The molecule has 1 aromatic carbocycles. The van der Waals surface area contributed by atoms with Gasteiger partial charge in [-0.15, -0.1) is 0 Å². The number of furan rings is 1. The number of hydrogen-bond donors (Lipinski definition) is 0. The van der Waals surface area contributed by atoms with Gasteiger partial charge in [-0.25, -0.2) is 0 Å². The first-order chi connectivity index (χ1) is 9.78. The molecule has 4 nitrogen and oxygen atoms in total. The van der Waals surface area contributed by atoms with Gasteiger partial charge in [0.25, 0.3) is 5.91 Å². The van der Waals surface area contributed by atoms with Crippen LogP contribution in [0.15, 0.2) is 53.1 Å². The fraction of sp³-hybridized carbons (Fsp3) is 0.250. The van der Waals surface area contributed by atoms with Crippen molar-refractivity contribution in [3.05, 3.63) is 60.1 Å². The summed E-state index contributed by atoms with van der Waals surface area (Å²) in [6.07, 6.45) is 2.94. The van der Waals surface area contributed by atoms with E-state index in [1.807, 2.05) is 30.3 Å². The molecular formula is C16H14N2O2. The van der Waals surface area contributed by atoms with Crippen LogP contribution < -0.4 is 0 Å². The Morgan fingerprint density at radius 2 is 2.05 bits per heavy atom. The first-order valence-corrected chi connectivity index (χ1v) is 6.60. The molecule has 2 heterocycles. The molecule has 0 aliphatic carbocycles. The van der Waals surface area contributed by atoms with Crippen molar-refractivity contribution < 1.29 is 9.21 Å². The van der Waals surface area contributed by atoms with Gasteiger partial charge in [0.2, 0.25) is 0 Å². The Morgan fingerprint density at radius 1 is 1.25 bits per heavy atom. The SMILES string of the molecule is N#C[C@]1(c2ccccc2)CCCN1C(=O)c1ccco1. The van der Waals surface area contributed by atoms with Gasteiger partial charge in [-0.05, 0) is 30.5 Å². The second-order valence-corrected chi connectivity index (χ2v) is 4.88. The molecule has 1 aliphatic heterocycles. The summed E-state index contributed by atoms with van der Waals surface area (Å²) >= 11 is 0. The number of likely N-dealkylation sites (tertiary alicyclic amines) is 1. The zero-order valence-corrected chi connectivity index (χ0v) is 11.0. The Hall–Kier alpha value is -2.54. The molecule has 4 heteroatoms. The fourth-order valence-electron chi connectivity index (χ4n) is 2.82. The van der Waals surface area contributed by atoms with Crippen LogP contribution in [-0.2, 0) is 5.54 Å². The quantitative estimate of drug-likeness (QED) is 0.839. The molecule has 1 amide bonds. The number of nitrogens with zero attached hydrogens (tertiary/aromatic N) is 2. The molecule has 1 aromatic heterocycles. The van der Waals surface area contributed by atoms with Crippen LogP contribution in [0.25, 0.3) is 0 Å². The van der Waals surface area contributed by atoms with E-state index in [1.54, 1.807) is 17.0 Å². The van der Waals surface area contributed by atoms with Crippen molar-refractivity contribution in [3.8, 4) is 6.07 Å². The summed E-state index contributed by atoms with van der Waals surface area (Å²) in [6.45, 7) is 0.571. The summed E-state index contributed by atoms with van der Waals surface area (Å²) in [6, 6.07) is 15.2. The minimum atomic E-state index is -0.884. The largest absolute Gasteiger partial charge is 0.459 e. The van der Waals surface area contributed by atoms with Gasteiger partial charge in [0.15, 0.2) is 11.3 Å². The smallest absolute Gasteiger partial charge is 0.291 e. The Labute approximate surface area is 117 Å². The lowest BCUT2D eigenvalue weighted by molar-refractivity contribution is 0.0637. The molecule has 2 aromatic rings. The number of nitriles is 1. The highest BCUT2D eigenvalue weighted by atomic mass is 16.3. The van der Waals surface area contributed by atoms with E-state index in [-0.39, 0.29) is 11.7 Å². The monoisotopic (exact) mass is 266 g/mol. The van der Waals surface area contributed by atoms with Crippen molar-refractivity contribution in [1.29, 1.82) is 5.26 Å². The molecule has 0 radical (unpaired) electrons. The van der Waals surface area contributed by atoms with Gasteiger partial charge in [0.1, 0.15) is 0 Å².